The number of nitrogen functional groups attached to an aromatic ring is 1. The van der Waals surface area contributed by atoms with Gasteiger partial charge in [0.2, 0.25) is 0 Å². The maximum absolute atomic E-state index is 6.23. The van der Waals surface area contributed by atoms with E-state index in [9.17, 15) is 0 Å². The van der Waals surface area contributed by atoms with Crippen LogP contribution in [-0.4, -0.2) is 50.4 Å². The fourth-order valence-electron chi connectivity index (χ4n) is 3.68. The quantitative estimate of drug-likeness (QED) is 0.742. The van der Waals surface area contributed by atoms with Crippen LogP contribution in [-0.2, 0) is 17.8 Å². The first-order valence-electron chi connectivity index (χ1n) is 9.28. The number of morpholine rings is 1. The fraction of sp³-hybridized carbons (Fsp3) is 0.526. The lowest BCUT2D eigenvalue weighted by Gasteiger charge is -2.32. The molecule has 2 N–H and O–H groups in total. The summed E-state index contributed by atoms with van der Waals surface area (Å²) in [6, 6.07) is 2.09. The van der Waals surface area contributed by atoms with E-state index < -0.39 is 0 Å². The minimum Gasteiger partial charge on any atom is -0.383 e. The molecule has 8 heteroatoms. The summed E-state index contributed by atoms with van der Waals surface area (Å²) < 4.78 is 7.99. The number of rotatable bonds is 4. The zero-order chi connectivity index (χ0) is 19.1. The Morgan fingerprint density at radius 2 is 2.07 bits per heavy atom. The Morgan fingerprint density at radius 3 is 2.81 bits per heavy atom. The van der Waals surface area contributed by atoms with Crippen molar-refractivity contribution in [3.05, 3.63) is 33.7 Å². The molecule has 1 fully saturated rings. The SMILES string of the molecule is Cc1cc(C)n(CC2CN(Cc3nc(N)c4c(C)c(C)sc4n3)CCO2)n1. The third-order valence-electron chi connectivity index (χ3n) is 5.17. The Kier molecular flexibility index (Phi) is 4.88. The minimum absolute atomic E-state index is 0.115. The van der Waals surface area contributed by atoms with Gasteiger partial charge in [0.05, 0.1) is 36.9 Å². The molecule has 0 aromatic carbocycles. The standard InChI is InChI=1S/C19H26N6OS/c1-11-7-12(2)25(23-11)9-15-8-24(5-6-26-15)10-16-21-18(20)17-13(3)14(4)27-19(17)22-16/h7,15H,5-6,8-10H2,1-4H3,(H2,20,21,22). The largest absolute Gasteiger partial charge is 0.383 e. The van der Waals surface area contributed by atoms with Gasteiger partial charge in [-0.3, -0.25) is 9.58 Å². The molecule has 0 saturated carbocycles. The molecule has 1 aliphatic rings. The molecule has 144 valence electrons. The summed E-state index contributed by atoms with van der Waals surface area (Å²) in [6.45, 7) is 12.2. The van der Waals surface area contributed by atoms with Gasteiger partial charge < -0.3 is 10.5 Å². The number of nitrogens with two attached hydrogens (primary N) is 1. The van der Waals surface area contributed by atoms with Gasteiger partial charge in [-0.1, -0.05) is 0 Å². The Hall–Kier alpha value is -2.03. The second-order valence-electron chi connectivity index (χ2n) is 7.33. The molecule has 3 aromatic rings. The lowest BCUT2D eigenvalue weighted by molar-refractivity contribution is -0.0411. The van der Waals surface area contributed by atoms with E-state index in [0.29, 0.717) is 19.0 Å². The van der Waals surface area contributed by atoms with Crippen molar-refractivity contribution in [2.45, 2.75) is 46.9 Å². The molecule has 7 nitrogen and oxygen atoms in total. The maximum atomic E-state index is 6.23. The Labute approximate surface area is 163 Å². The van der Waals surface area contributed by atoms with E-state index in [1.54, 1.807) is 11.3 Å². The van der Waals surface area contributed by atoms with Crippen LogP contribution < -0.4 is 5.73 Å². The van der Waals surface area contributed by atoms with E-state index in [1.807, 2.05) is 11.6 Å². The molecule has 1 aliphatic heterocycles. The minimum atomic E-state index is 0.115. The lowest BCUT2D eigenvalue weighted by atomic mass is 10.2. The van der Waals surface area contributed by atoms with Gasteiger partial charge in [-0.2, -0.15) is 5.10 Å². The second-order valence-corrected chi connectivity index (χ2v) is 8.53. The van der Waals surface area contributed by atoms with Crippen molar-refractivity contribution in [3.8, 4) is 0 Å². The van der Waals surface area contributed by atoms with Gasteiger partial charge in [0.15, 0.2) is 0 Å². The number of hydrogen-bond donors (Lipinski definition) is 1. The summed E-state index contributed by atoms with van der Waals surface area (Å²) in [6.07, 6.45) is 0.115. The van der Waals surface area contributed by atoms with Gasteiger partial charge >= 0.3 is 0 Å². The smallest absolute Gasteiger partial charge is 0.146 e. The van der Waals surface area contributed by atoms with Crippen molar-refractivity contribution < 1.29 is 4.74 Å². The number of fused-ring (bicyclic) bond motifs is 1. The Morgan fingerprint density at radius 1 is 1.26 bits per heavy atom. The zero-order valence-electron chi connectivity index (χ0n) is 16.3. The Balaban J connectivity index is 1.47. The number of aromatic nitrogens is 4. The molecule has 0 bridgehead atoms. The normalized spacial score (nSPS) is 18.4. The fourth-order valence-corrected chi connectivity index (χ4v) is 4.74. The lowest BCUT2D eigenvalue weighted by Crippen LogP contribution is -2.44. The van der Waals surface area contributed by atoms with E-state index in [-0.39, 0.29) is 6.10 Å². The van der Waals surface area contributed by atoms with Crippen molar-refractivity contribution in [2.24, 2.45) is 0 Å². The van der Waals surface area contributed by atoms with Crippen LogP contribution >= 0.6 is 11.3 Å². The molecule has 4 rings (SSSR count). The van der Waals surface area contributed by atoms with Crippen LogP contribution in [0.1, 0.15) is 27.7 Å². The molecule has 0 amide bonds. The molecular weight excluding hydrogens is 360 g/mol. The first-order chi connectivity index (χ1) is 12.9. The van der Waals surface area contributed by atoms with Crippen LogP contribution in [0.3, 0.4) is 0 Å². The van der Waals surface area contributed by atoms with Gasteiger partial charge in [0.1, 0.15) is 16.5 Å². The molecule has 1 atom stereocenters. The van der Waals surface area contributed by atoms with E-state index >= 15 is 0 Å². The first kappa shape index (κ1) is 18.3. The van der Waals surface area contributed by atoms with E-state index in [2.05, 4.69) is 41.8 Å². The number of aryl methyl sites for hydroxylation is 4. The number of nitrogens with zero attached hydrogens (tertiary/aromatic N) is 5. The molecule has 3 aromatic heterocycles. The van der Waals surface area contributed by atoms with Crippen molar-refractivity contribution in [1.29, 1.82) is 0 Å². The summed E-state index contributed by atoms with van der Waals surface area (Å²) in [5.74, 6) is 1.37. The summed E-state index contributed by atoms with van der Waals surface area (Å²) in [5.41, 5.74) is 9.62. The van der Waals surface area contributed by atoms with Gasteiger partial charge in [0.25, 0.3) is 0 Å². The molecule has 0 spiro atoms. The molecular formula is C19H26N6OS. The highest BCUT2D eigenvalue weighted by Crippen LogP contribution is 2.32. The maximum Gasteiger partial charge on any atom is 0.146 e. The monoisotopic (exact) mass is 386 g/mol. The molecule has 27 heavy (non-hydrogen) atoms. The van der Waals surface area contributed by atoms with Crippen molar-refractivity contribution >= 4 is 27.4 Å². The third kappa shape index (κ3) is 3.69. The van der Waals surface area contributed by atoms with Crippen LogP contribution in [0.25, 0.3) is 10.2 Å². The van der Waals surface area contributed by atoms with Crippen molar-refractivity contribution in [3.63, 3.8) is 0 Å². The van der Waals surface area contributed by atoms with Crippen molar-refractivity contribution in [2.75, 3.05) is 25.4 Å². The predicted molar refractivity (Wildman–Crippen MR) is 108 cm³/mol. The highest BCUT2D eigenvalue weighted by molar-refractivity contribution is 7.18. The highest BCUT2D eigenvalue weighted by Gasteiger charge is 2.23. The summed E-state index contributed by atoms with van der Waals surface area (Å²) in [7, 11) is 0. The van der Waals surface area contributed by atoms with E-state index in [0.717, 1.165) is 41.4 Å². The molecule has 0 aliphatic carbocycles. The van der Waals surface area contributed by atoms with Crippen LogP contribution in [0, 0.1) is 27.7 Å². The Bertz CT molecular complexity index is 978. The van der Waals surface area contributed by atoms with Gasteiger partial charge in [-0.05, 0) is 39.3 Å². The molecule has 4 heterocycles. The van der Waals surface area contributed by atoms with Crippen LogP contribution in [0.15, 0.2) is 6.07 Å². The second kappa shape index (κ2) is 7.18. The predicted octanol–water partition coefficient (Wildman–Crippen LogP) is 2.60. The van der Waals surface area contributed by atoms with Gasteiger partial charge in [-0.15, -0.1) is 11.3 Å². The van der Waals surface area contributed by atoms with Crippen molar-refractivity contribution in [1.82, 2.24) is 24.6 Å². The summed E-state index contributed by atoms with van der Waals surface area (Å²) in [5, 5.41) is 5.55. The van der Waals surface area contributed by atoms with Crippen LogP contribution in [0.2, 0.25) is 0 Å². The topological polar surface area (TPSA) is 82.1 Å². The van der Waals surface area contributed by atoms with E-state index in [1.165, 1.54) is 16.1 Å². The molecule has 0 radical (unpaired) electrons. The van der Waals surface area contributed by atoms with Crippen LogP contribution in [0.4, 0.5) is 5.82 Å². The average molecular weight is 387 g/mol. The number of anilines is 1. The summed E-state index contributed by atoms with van der Waals surface area (Å²) >= 11 is 1.69. The third-order valence-corrected chi connectivity index (χ3v) is 6.27. The van der Waals surface area contributed by atoms with Gasteiger partial charge in [-0.25, -0.2) is 9.97 Å². The average Bonchev–Trinajstić information content (AvgIpc) is 3.06. The number of ether oxygens (including phenoxy) is 1. The molecule has 1 saturated heterocycles. The zero-order valence-corrected chi connectivity index (χ0v) is 17.1. The number of thiophene rings is 1. The first-order valence-corrected chi connectivity index (χ1v) is 10.1. The number of hydrogen-bond acceptors (Lipinski definition) is 7. The van der Waals surface area contributed by atoms with Gasteiger partial charge in [0, 0.05) is 23.7 Å². The van der Waals surface area contributed by atoms with E-state index in [4.69, 9.17) is 15.5 Å². The molecule has 1 unspecified atom stereocenters. The van der Waals surface area contributed by atoms with Crippen LogP contribution in [0.5, 0.6) is 0 Å². The summed E-state index contributed by atoms with van der Waals surface area (Å²) in [4.78, 5) is 13.9. The highest BCUT2D eigenvalue weighted by atomic mass is 32.1.